The summed E-state index contributed by atoms with van der Waals surface area (Å²) in [6.45, 7) is 7.05. The van der Waals surface area contributed by atoms with E-state index >= 15 is 0 Å². The zero-order valence-electron chi connectivity index (χ0n) is 12.1. The lowest BCUT2D eigenvalue weighted by Crippen LogP contribution is -2.35. The van der Waals surface area contributed by atoms with E-state index in [1.54, 1.807) is 12.1 Å². The molecule has 0 amide bonds. The van der Waals surface area contributed by atoms with Gasteiger partial charge in [0.15, 0.2) is 0 Å². The fourth-order valence-electron chi connectivity index (χ4n) is 1.76. The number of hydrogen-bond donors (Lipinski definition) is 1. The minimum Gasteiger partial charge on any atom is -0.478 e. The largest absolute Gasteiger partial charge is 0.478 e. The summed E-state index contributed by atoms with van der Waals surface area (Å²) in [6.07, 6.45) is 1.42. The summed E-state index contributed by atoms with van der Waals surface area (Å²) in [4.78, 5) is 19.4. The number of pyridine rings is 1. The van der Waals surface area contributed by atoms with E-state index in [0.29, 0.717) is 5.92 Å². The average Bonchev–Trinajstić information content (AvgIpc) is 2.34. The first-order chi connectivity index (χ1) is 8.90. The first-order valence-electron chi connectivity index (χ1n) is 6.49. The van der Waals surface area contributed by atoms with Crippen molar-refractivity contribution in [2.45, 2.75) is 13.8 Å². The van der Waals surface area contributed by atoms with Crippen LogP contribution in [0.5, 0.6) is 0 Å². The summed E-state index contributed by atoms with van der Waals surface area (Å²) >= 11 is 0. The molecular weight excluding hydrogens is 242 g/mol. The summed E-state index contributed by atoms with van der Waals surface area (Å²) in [7, 11) is 4.07. The maximum Gasteiger partial charge on any atom is 0.337 e. The molecular formula is C14H23N3O2. The van der Waals surface area contributed by atoms with Crippen LogP contribution in [0.4, 0.5) is 5.82 Å². The lowest BCUT2D eigenvalue weighted by atomic mass is 10.2. The van der Waals surface area contributed by atoms with E-state index in [1.807, 2.05) is 14.1 Å². The zero-order chi connectivity index (χ0) is 14.4. The van der Waals surface area contributed by atoms with Gasteiger partial charge in [0.25, 0.3) is 0 Å². The van der Waals surface area contributed by atoms with Gasteiger partial charge < -0.3 is 14.9 Å². The smallest absolute Gasteiger partial charge is 0.337 e. The lowest BCUT2D eigenvalue weighted by molar-refractivity contribution is 0.0696. The monoisotopic (exact) mass is 265 g/mol. The van der Waals surface area contributed by atoms with Gasteiger partial charge in [0, 0.05) is 25.8 Å². The molecule has 1 aromatic heterocycles. The van der Waals surface area contributed by atoms with Crippen LogP contribution >= 0.6 is 0 Å². The summed E-state index contributed by atoms with van der Waals surface area (Å²) in [6, 6.07) is 3.38. The predicted octanol–water partition coefficient (Wildman–Crippen LogP) is 1.80. The van der Waals surface area contributed by atoms with E-state index in [9.17, 15) is 4.79 Å². The van der Waals surface area contributed by atoms with Crippen molar-refractivity contribution in [2.75, 3.05) is 38.6 Å². The van der Waals surface area contributed by atoms with E-state index < -0.39 is 5.97 Å². The van der Waals surface area contributed by atoms with Crippen LogP contribution in [-0.4, -0.2) is 54.7 Å². The number of hydrogen-bond acceptors (Lipinski definition) is 4. The lowest BCUT2D eigenvalue weighted by Gasteiger charge is -2.27. The number of aromatic carboxylic acids is 1. The Morgan fingerprint density at radius 2 is 2.00 bits per heavy atom. The molecule has 0 radical (unpaired) electrons. The molecule has 1 aromatic rings. The van der Waals surface area contributed by atoms with Crippen molar-refractivity contribution < 1.29 is 9.90 Å². The molecule has 106 valence electrons. The fraction of sp³-hybridized carbons (Fsp3) is 0.571. The number of carbonyl (C=O) groups is 1. The summed E-state index contributed by atoms with van der Waals surface area (Å²) in [5, 5.41) is 8.88. The topological polar surface area (TPSA) is 56.7 Å². The van der Waals surface area contributed by atoms with E-state index in [2.05, 4.69) is 28.6 Å². The van der Waals surface area contributed by atoms with Crippen LogP contribution in [0.25, 0.3) is 0 Å². The van der Waals surface area contributed by atoms with Gasteiger partial charge >= 0.3 is 5.97 Å². The van der Waals surface area contributed by atoms with Gasteiger partial charge in [0.2, 0.25) is 0 Å². The van der Waals surface area contributed by atoms with Crippen LogP contribution in [0.3, 0.4) is 0 Å². The molecule has 0 saturated heterocycles. The molecule has 0 saturated carbocycles. The van der Waals surface area contributed by atoms with E-state index in [4.69, 9.17) is 5.11 Å². The molecule has 0 aliphatic carbocycles. The Balaban J connectivity index is 2.80. The molecule has 1 heterocycles. The van der Waals surface area contributed by atoms with Crippen molar-refractivity contribution >= 4 is 11.8 Å². The Bertz CT molecular complexity index is 402. The van der Waals surface area contributed by atoms with Crippen molar-refractivity contribution in [3.05, 3.63) is 23.9 Å². The molecule has 0 aliphatic rings. The SMILES string of the molecule is CC(C)CN(CCN(C)C)c1ccc(C(=O)O)cn1. The molecule has 0 unspecified atom stereocenters. The summed E-state index contributed by atoms with van der Waals surface area (Å²) in [5.74, 6) is 0.423. The Labute approximate surface area is 114 Å². The van der Waals surface area contributed by atoms with Gasteiger partial charge in [0.1, 0.15) is 5.82 Å². The molecule has 19 heavy (non-hydrogen) atoms. The van der Waals surface area contributed by atoms with E-state index in [1.165, 1.54) is 6.20 Å². The van der Waals surface area contributed by atoms with Gasteiger partial charge in [-0.1, -0.05) is 13.8 Å². The highest BCUT2D eigenvalue weighted by Gasteiger charge is 2.11. The third kappa shape index (κ3) is 5.26. The second kappa shape index (κ2) is 7.09. The second-order valence-corrected chi connectivity index (χ2v) is 5.35. The maximum absolute atomic E-state index is 10.8. The van der Waals surface area contributed by atoms with Crippen LogP contribution in [0.15, 0.2) is 18.3 Å². The molecule has 1 N–H and O–H groups in total. The maximum atomic E-state index is 10.8. The Kier molecular flexibility index (Phi) is 5.76. The number of carboxylic acids is 1. The van der Waals surface area contributed by atoms with Crippen LogP contribution in [0.1, 0.15) is 24.2 Å². The first kappa shape index (κ1) is 15.4. The van der Waals surface area contributed by atoms with Crippen LogP contribution < -0.4 is 4.90 Å². The summed E-state index contributed by atoms with van der Waals surface area (Å²) < 4.78 is 0. The Hall–Kier alpha value is -1.62. The molecule has 0 aromatic carbocycles. The third-order valence-electron chi connectivity index (χ3n) is 2.72. The number of aromatic nitrogens is 1. The van der Waals surface area contributed by atoms with E-state index in [0.717, 1.165) is 25.5 Å². The molecule has 5 heteroatoms. The molecule has 0 spiro atoms. The highest BCUT2D eigenvalue weighted by Crippen LogP contribution is 2.13. The number of anilines is 1. The van der Waals surface area contributed by atoms with Gasteiger partial charge in [0.05, 0.1) is 5.56 Å². The third-order valence-corrected chi connectivity index (χ3v) is 2.72. The Morgan fingerprint density at radius 1 is 1.32 bits per heavy atom. The molecule has 0 aliphatic heterocycles. The van der Waals surface area contributed by atoms with Gasteiger partial charge in [-0.15, -0.1) is 0 Å². The van der Waals surface area contributed by atoms with Crippen molar-refractivity contribution in [2.24, 2.45) is 5.92 Å². The van der Waals surface area contributed by atoms with Gasteiger partial charge in [-0.3, -0.25) is 0 Å². The predicted molar refractivity (Wildman–Crippen MR) is 76.8 cm³/mol. The summed E-state index contributed by atoms with van der Waals surface area (Å²) in [5.41, 5.74) is 0.223. The Morgan fingerprint density at radius 3 is 2.42 bits per heavy atom. The van der Waals surface area contributed by atoms with Crippen molar-refractivity contribution in [3.63, 3.8) is 0 Å². The molecule has 5 nitrogen and oxygen atoms in total. The van der Waals surface area contributed by atoms with Crippen LogP contribution in [0, 0.1) is 5.92 Å². The molecule has 0 fully saturated rings. The molecule has 1 rings (SSSR count). The fourth-order valence-corrected chi connectivity index (χ4v) is 1.76. The van der Waals surface area contributed by atoms with Gasteiger partial charge in [-0.2, -0.15) is 0 Å². The van der Waals surface area contributed by atoms with Gasteiger partial charge in [-0.05, 0) is 32.1 Å². The number of nitrogens with zero attached hydrogens (tertiary/aromatic N) is 3. The highest BCUT2D eigenvalue weighted by molar-refractivity contribution is 5.87. The van der Waals surface area contributed by atoms with Crippen LogP contribution in [0.2, 0.25) is 0 Å². The molecule has 0 atom stereocenters. The second-order valence-electron chi connectivity index (χ2n) is 5.35. The van der Waals surface area contributed by atoms with Crippen LogP contribution in [-0.2, 0) is 0 Å². The average molecular weight is 265 g/mol. The zero-order valence-corrected chi connectivity index (χ0v) is 12.1. The minimum absolute atomic E-state index is 0.223. The number of carboxylic acid groups (broad SMARTS) is 1. The number of likely N-dealkylation sites (N-methyl/N-ethyl adjacent to an activating group) is 1. The standard InChI is InChI=1S/C14H23N3O2/c1-11(2)10-17(8-7-16(3)4)13-6-5-12(9-15-13)14(18)19/h5-6,9,11H,7-8,10H2,1-4H3,(H,18,19). The molecule has 0 bridgehead atoms. The van der Waals surface area contributed by atoms with Gasteiger partial charge in [-0.25, -0.2) is 9.78 Å². The quantitative estimate of drug-likeness (QED) is 0.814. The highest BCUT2D eigenvalue weighted by atomic mass is 16.4. The number of rotatable bonds is 7. The van der Waals surface area contributed by atoms with Crippen molar-refractivity contribution in [1.82, 2.24) is 9.88 Å². The first-order valence-corrected chi connectivity index (χ1v) is 6.49. The van der Waals surface area contributed by atoms with E-state index in [-0.39, 0.29) is 5.56 Å². The minimum atomic E-state index is -0.942. The normalized spacial score (nSPS) is 11.1. The van der Waals surface area contributed by atoms with Crippen molar-refractivity contribution in [1.29, 1.82) is 0 Å². The van der Waals surface area contributed by atoms with Crippen molar-refractivity contribution in [3.8, 4) is 0 Å².